The van der Waals surface area contributed by atoms with Crippen molar-refractivity contribution < 1.29 is 14.2 Å². The zero-order valence-corrected chi connectivity index (χ0v) is 11.0. The van der Waals surface area contributed by atoms with E-state index in [0.29, 0.717) is 32.3 Å². The van der Waals surface area contributed by atoms with E-state index < -0.39 is 0 Å². The second-order valence-corrected chi connectivity index (χ2v) is 4.15. The van der Waals surface area contributed by atoms with Crippen molar-refractivity contribution in [3.63, 3.8) is 0 Å². The number of ether oxygens (including phenoxy) is 3. The number of rotatable bonds is 4. The first-order chi connectivity index (χ1) is 9.28. The summed E-state index contributed by atoms with van der Waals surface area (Å²) in [7, 11) is 1.62. The number of benzene rings is 1. The monoisotopic (exact) mass is 265 g/mol. The molecule has 6 nitrogen and oxygen atoms in total. The van der Waals surface area contributed by atoms with Crippen LogP contribution >= 0.6 is 0 Å². The van der Waals surface area contributed by atoms with Crippen molar-refractivity contribution >= 4 is 11.6 Å². The fourth-order valence-electron chi connectivity index (χ4n) is 1.73. The lowest BCUT2D eigenvalue weighted by atomic mass is 10.3. The number of aliphatic imine (C=N–C) groups is 1. The van der Waals surface area contributed by atoms with Crippen LogP contribution in [0, 0.1) is 0 Å². The summed E-state index contributed by atoms with van der Waals surface area (Å²) in [6, 6.07) is 7.49. The molecule has 0 bridgehead atoms. The third kappa shape index (κ3) is 4.42. The molecule has 6 heteroatoms. The molecule has 0 aliphatic carbocycles. The highest BCUT2D eigenvalue weighted by atomic mass is 16.6. The molecule has 1 heterocycles. The molecular weight excluding hydrogens is 246 g/mol. The van der Waals surface area contributed by atoms with E-state index in [4.69, 9.17) is 19.9 Å². The maximum atomic E-state index is 5.82. The van der Waals surface area contributed by atoms with E-state index >= 15 is 0 Å². The van der Waals surface area contributed by atoms with Crippen LogP contribution in [0.2, 0.25) is 0 Å². The number of methoxy groups -OCH3 is 1. The summed E-state index contributed by atoms with van der Waals surface area (Å²) in [6.45, 7) is 2.32. The highest BCUT2D eigenvalue weighted by molar-refractivity contribution is 5.92. The maximum absolute atomic E-state index is 5.82. The summed E-state index contributed by atoms with van der Waals surface area (Å²) < 4.78 is 15.9. The van der Waals surface area contributed by atoms with E-state index in [1.54, 1.807) is 7.11 Å². The largest absolute Gasteiger partial charge is 0.497 e. The van der Waals surface area contributed by atoms with Gasteiger partial charge >= 0.3 is 0 Å². The van der Waals surface area contributed by atoms with Crippen LogP contribution in [0.1, 0.15) is 0 Å². The number of guanidine groups is 1. The molecule has 19 heavy (non-hydrogen) atoms. The lowest BCUT2D eigenvalue weighted by molar-refractivity contribution is -0.0832. The summed E-state index contributed by atoms with van der Waals surface area (Å²) in [5.41, 5.74) is 6.65. The molecule has 1 fully saturated rings. The van der Waals surface area contributed by atoms with Crippen LogP contribution in [-0.4, -0.2) is 45.5 Å². The summed E-state index contributed by atoms with van der Waals surface area (Å²) in [5, 5.41) is 3.01. The Bertz CT molecular complexity index is 431. The van der Waals surface area contributed by atoms with Crippen LogP contribution in [0.4, 0.5) is 5.69 Å². The maximum Gasteiger partial charge on any atom is 0.193 e. The number of nitrogens with zero attached hydrogens (tertiary/aromatic N) is 1. The minimum absolute atomic E-state index is 0.0144. The van der Waals surface area contributed by atoms with E-state index in [2.05, 4.69) is 10.3 Å². The van der Waals surface area contributed by atoms with Crippen molar-refractivity contribution in [2.24, 2.45) is 10.7 Å². The van der Waals surface area contributed by atoms with Crippen molar-refractivity contribution in [1.29, 1.82) is 0 Å². The molecule has 0 spiro atoms. The molecule has 1 aromatic carbocycles. The van der Waals surface area contributed by atoms with Gasteiger partial charge in [0.15, 0.2) is 5.96 Å². The average molecular weight is 265 g/mol. The lowest BCUT2D eigenvalue weighted by Crippen LogP contribution is -2.32. The fraction of sp³-hybridized carbons (Fsp3) is 0.462. The van der Waals surface area contributed by atoms with Crippen LogP contribution in [-0.2, 0) is 9.47 Å². The zero-order chi connectivity index (χ0) is 13.5. The Morgan fingerprint density at radius 1 is 1.53 bits per heavy atom. The zero-order valence-electron chi connectivity index (χ0n) is 11.0. The van der Waals surface area contributed by atoms with Crippen LogP contribution in [0.5, 0.6) is 5.75 Å². The molecule has 0 saturated carbocycles. The normalized spacial score (nSPS) is 20.1. The van der Waals surface area contributed by atoms with E-state index in [0.717, 1.165) is 11.4 Å². The first kappa shape index (κ1) is 13.6. The molecule has 1 aliphatic rings. The van der Waals surface area contributed by atoms with E-state index in [1.165, 1.54) is 0 Å². The smallest absolute Gasteiger partial charge is 0.193 e. The number of hydrogen-bond acceptors (Lipinski definition) is 4. The van der Waals surface area contributed by atoms with E-state index in [9.17, 15) is 0 Å². The molecular formula is C13H19N3O3. The summed E-state index contributed by atoms with van der Waals surface area (Å²) in [5.74, 6) is 1.12. The fourth-order valence-corrected chi connectivity index (χ4v) is 1.73. The van der Waals surface area contributed by atoms with Crippen LogP contribution in [0.3, 0.4) is 0 Å². The number of hydrogen-bond donors (Lipinski definition) is 2. The predicted octanol–water partition coefficient (Wildman–Crippen LogP) is 0.837. The van der Waals surface area contributed by atoms with Gasteiger partial charge in [0.1, 0.15) is 11.9 Å². The van der Waals surface area contributed by atoms with Crippen LogP contribution < -0.4 is 15.8 Å². The van der Waals surface area contributed by atoms with Crippen molar-refractivity contribution in [2.75, 3.05) is 38.8 Å². The third-order valence-corrected chi connectivity index (χ3v) is 2.69. The highest BCUT2D eigenvalue weighted by Gasteiger charge is 2.13. The van der Waals surface area contributed by atoms with E-state index in [1.807, 2.05) is 24.3 Å². The Labute approximate surface area is 112 Å². The van der Waals surface area contributed by atoms with Gasteiger partial charge in [0.05, 0.1) is 33.5 Å². The van der Waals surface area contributed by atoms with E-state index in [-0.39, 0.29) is 6.10 Å². The van der Waals surface area contributed by atoms with Gasteiger partial charge in [-0.15, -0.1) is 0 Å². The van der Waals surface area contributed by atoms with Gasteiger partial charge in [-0.3, -0.25) is 4.99 Å². The Balaban J connectivity index is 1.86. The summed E-state index contributed by atoms with van der Waals surface area (Å²) in [4.78, 5) is 4.24. The number of nitrogens with two attached hydrogens (primary N) is 1. The quantitative estimate of drug-likeness (QED) is 0.623. The van der Waals surface area contributed by atoms with Crippen molar-refractivity contribution in [1.82, 2.24) is 0 Å². The second kappa shape index (κ2) is 6.96. The molecule has 1 saturated heterocycles. The van der Waals surface area contributed by atoms with Crippen molar-refractivity contribution in [2.45, 2.75) is 6.10 Å². The molecule has 104 valence electrons. The van der Waals surface area contributed by atoms with Gasteiger partial charge < -0.3 is 25.3 Å². The first-order valence-corrected chi connectivity index (χ1v) is 6.18. The van der Waals surface area contributed by atoms with Gasteiger partial charge in [0, 0.05) is 11.8 Å². The Morgan fingerprint density at radius 3 is 3.16 bits per heavy atom. The number of anilines is 1. The van der Waals surface area contributed by atoms with Crippen molar-refractivity contribution in [3.8, 4) is 5.75 Å². The Hall–Kier alpha value is -1.79. The highest BCUT2D eigenvalue weighted by Crippen LogP contribution is 2.16. The molecule has 0 amide bonds. The SMILES string of the molecule is COc1cccc(NC(N)=NCC2COCCO2)c1. The van der Waals surface area contributed by atoms with Gasteiger partial charge in [0.25, 0.3) is 0 Å². The molecule has 3 N–H and O–H groups in total. The number of nitrogens with one attached hydrogen (secondary N) is 1. The van der Waals surface area contributed by atoms with Gasteiger partial charge in [-0.1, -0.05) is 6.07 Å². The molecule has 1 unspecified atom stereocenters. The minimum atomic E-state index is -0.0144. The summed E-state index contributed by atoms with van der Waals surface area (Å²) in [6.07, 6.45) is -0.0144. The average Bonchev–Trinajstić information content (AvgIpc) is 2.46. The first-order valence-electron chi connectivity index (χ1n) is 6.18. The Kier molecular flexibility index (Phi) is 5.00. The molecule has 1 aliphatic heterocycles. The van der Waals surface area contributed by atoms with Gasteiger partial charge in [0.2, 0.25) is 0 Å². The topological polar surface area (TPSA) is 78.1 Å². The third-order valence-electron chi connectivity index (χ3n) is 2.69. The molecule has 1 atom stereocenters. The minimum Gasteiger partial charge on any atom is -0.497 e. The van der Waals surface area contributed by atoms with Crippen LogP contribution in [0.15, 0.2) is 29.3 Å². The molecule has 2 rings (SSSR count). The van der Waals surface area contributed by atoms with Gasteiger partial charge in [-0.05, 0) is 12.1 Å². The van der Waals surface area contributed by atoms with Gasteiger partial charge in [-0.25, -0.2) is 0 Å². The Morgan fingerprint density at radius 2 is 2.42 bits per heavy atom. The van der Waals surface area contributed by atoms with Crippen molar-refractivity contribution in [3.05, 3.63) is 24.3 Å². The molecule has 1 aromatic rings. The second-order valence-electron chi connectivity index (χ2n) is 4.15. The molecule has 0 aromatic heterocycles. The van der Waals surface area contributed by atoms with Gasteiger partial charge in [-0.2, -0.15) is 0 Å². The lowest BCUT2D eigenvalue weighted by Gasteiger charge is -2.21. The predicted molar refractivity (Wildman–Crippen MR) is 73.7 cm³/mol. The summed E-state index contributed by atoms with van der Waals surface area (Å²) >= 11 is 0. The molecule has 0 radical (unpaired) electrons. The van der Waals surface area contributed by atoms with Crippen LogP contribution in [0.25, 0.3) is 0 Å². The standard InChI is InChI=1S/C13H19N3O3/c1-17-11-4-2-3-10(7-11)16-13(14)15-8-12-9-18-5-6-19-12/h2-4,7,12H,5-6,8-9H2,1H3,(H3,14,15,16).